The number of aliphatic hydroxyl groups is 1. The molecule has 1 N–H and O–H groups in total. The molecule has 0 bridgehead atoms. The number of β-amino-alcohol motifs (C(OH)–C–C–N with tert-alkyl or cyclic N) is 1. The monoisotopic (exact) mass is 408 g/mol. The van der Waals surface area contributed by atoms with Crippen molar-refractivity contribution < 1.29 is 14.6 Å². The summed E-state index contributed by atoms with van der Waals surface area (Å²) >= 11 is 0. The van der Waals surface area contributed by atoms with E-state index >= 15 is 0 Å². The SMILES string of the molecule is CC(C)Cc1ccc2c(c1)OCCN(CC(O)CN1CCc3ccccc3C1)C2=O. The first-order chi connectivity index (χ1) is 14.5. The molecule has 2 aliphatic rings. The minimum absolute atomic E-state index is 0.0540. The van der Waals surface area contributed by atoms with E-state index in [1.807, 2.05) is 18.2 Å². The van der Waals surface area contributed by atoms with Gasteiger partial charge in [-0.15, -0.1) is 0 Å². The summed E-state index contributed by atoms with van der Waals surface area (Å²) in [7, 11) is 0. The van der Waals surface area contributed by atoms with Crippen molar-refractivity contribution in [3.05, 3.63) is 64.7 Å². The number of nitrogens with zero attached hydrogens (tertiary/aromatic N) is 2. The Morgan fingerprint density at radius 1 is 1.07 bits per heavy atom. The van der Waals surface area contributed by atoms with Gasteiger partial charge in [0.2, 0.25) is 0 Å². The standard InChI is InChI=1S/C25H32N2O3/c1-18(2)13-19-7-8-23-24(14-19)30-12-11-27(25(23)29)17-22(28)16-26-10-9-20-5-3-4-6-21(20)15-26/h3-8,14,18,22,28H,9-13,15-17H2,1-2H3. The second kappa shape index (κ2) is 9.19. The summed E-state index contributed by atoms with van der Waals surface area (Å²) in [6.07, 6.45) is 1.39. The van der Waals surface area contributed by atoms with E-state index < -0.39 is 6.10 Å². The first-order valence-corrected chi connectivity index (χ1v) is 11.0. The van der Waals surface area contributed by atoms with Crippen molar-refractivity contribution in [3.8, 4) is 5.75 Å². The lowest BCUT2D eigenvalue weighted by Gasteiger charge is -2.32. The fourth-order valence-electron chi connectivity index (χ4n) is 4.49. The van der Waals surface area contributed by atoms with Crippen LogP contribution in [0.3, 0.4) is 0 Å². The van der Waals surface area contributed by atoms with Crippen LogP contribution in [-0.4, -0.2) is 59.7 Å². The van der Waals surface area contributed by atoms with Gasteiger partial charge in [0.15, 0.2) is 0 Å². The lowest BCUT2D eigenvalue weighted by molar-refractivity contribution is 0.0501. The highest BCUT2D eigenvalue weighted by molar-refractivity contribution is 5.97. The average Bonchev–Trinajstić information content (AvgIpc) is 2.86. The molecule has 5 nitrogen and oxygen atoms in total. The zero-order valence-electron chi connectivity index (χ0n) is 18.0. The highest BCUT2D eigenvalue weighted by atomic mass is 16.5. The fourth-order valence-corrected chi connectivity index (χ4v) is 4.49. The van der Waals surface area contributed by atoms with Crippen LogP contribution < -0.4 is 4.74 Å². The van der Waals surface area contributed by atoms with E-state index in [-0.39, 0.29) is 5.91 Å². The van der Waals surface area contributed by atoms with E-state index in [1.54, 1.807) is 4.90 Å². The number of ether oxygens (including phenoxy) is 1. The molecule has 0 fully saturated rings. The summed E-state index contributed by atoms with van der Waals surface area (Å²) in [6.45, 7) is 8.00. The first kappa shape index (κ1) is 20.9. The molecular formula is C25H32N2O3. The molecule has 1 unspecified atom stereocenters. The van der Waals surface area contributed by atoms with Gasteiger partial charge in [-0.05, 0) is 47.6 Å². The topological polar surface area (TPSA) is 53.0 Å². The van der Waals surface area contributed by atoms with E-state index in [1.165, 1.54) is 16.7 Å². The Morgan fingerprint density at radius 3 is 2.67 bits per heavy atom. The maximum absolute atomic E-state index is 13.1. The minimum atomic E-state index is -0.582. The predicted octanol–water partition coefficient (Wildman–Crippen LogP) is 3.14. The van der Waals surface area contributed by atoms with Crippen molar-refractivity contribution >= 4 is 5.91 Å². The van der Waals surface area contributed by atoms with Gasteiger partial charge in [0.1, 0.15) is 12.4 Å². The van der Waals surface area contributed by atoms with Gasteiger partial charge in [-0.1, -0.05) is 44.2 Å². The van der Waals surface area contributed by atoms with E-state index in [4.69, 9.17) is 4.74 Å². The zero-order valence-corrected chi connectivity index (χ0v) is 18.0. The number of hydrogen-bond donors (Lipinski definition) is 1. The average molecular weight is 409 g/mol. The molecule has 2 aliphatic heterocycles. The van der Waals surface area contributed by atoms with Gasteiger partial charge < -0.3 is 14.7 Å². The molecule has 160 valence electrons. The summed E-state index contributed by atoms with van der Waals surface area (Å²) in [6, 6.07) is 14.4. The summed E-state index contributed by atoms with van der Waals surface area (Å²) in [4.78, 5) is 17.1. The molecule has 0 spiro atoms. The first-order valence-electron chi connectivity index (χ1n) is 11.0. The van der Waals surface area contributed by atoms with Gasteiger partial charge in [0.25, 0.3) is 5.91 Å². The number of hydrogen-bond acceptors (Lipinski definition) is 4. The predicted molar refractivity (Wildman–Crippen MR) is 118 cm³/mol. The maximum atomic E-state index is 13.1. The minimum Gasteiger partial charge on any atom is -0.491 e. The van der Waals surface area contributed by atoms with E-state index in [9.17, 15) is 9.90 Å². The zero-order chi connectivity index (χ0) is 21.1. The molecule has 1 amide bonds. The Balaban J connectivity index is 1.38. The summed E-state index contributed by atoms with van der Waals surface area (Å²) in [5, 5.41) is 10.7. The lowest BCUT2D eigenvalue weighted by Crippen LogP contribution is -2.44. The third kappa shape index (κ3) is 4.85. The number of carbonyl (C=O) groups is 1. The van der Waals surface area contributed by atoms with E-state index in [0.717, 1.165) is 25.9 Å². The Kier molecular flexibility index (Phi) is 6.40. The number of fused-ring (bicyclic) bond motifs is 2. The van der Waals surface area contributed by atoms with Crippen LogP contribution in [0.2, 0.25) is 0 Å². The molecule has 4 rings (SSSR count). The quantitative estimate of drug-likeness (QED) is 0.798. The molecular weight excluding hydrogens is 376 g/mol. The normalized spacial score (nSPS) is 17.9. The number of carbonyl (C=O) groups excluding carboxylic acids is 1. The van der Waals surface area contributed by atoms with Crippen LogP contribution in [0.4, 0.5) is 0 Å². The third-order valence-electron chi connectivity index (χ3n) is 5.94. The Labute approximate surface area is 179 Å². The number of amides is 1. The van der Waals surface area contributed by atoms with Crippen molar-refractivity contribution in [1.82, 2.24) is 9.80 Å². The molecule has 0 aliphatic carbocycles. The molecule has 0 aromatic heterocycles. The van der Waals surface area contributed by atoms with Crippen molar-refractivity contribution in [1.29, 1.82) is 0 Å². The molecule has 2 heterocycles. The summed E-state index contributed by atoms with van der Waals surface area (Å²) in [5.74, 6) is 1.17. The lowest BCUT2D eigenvalue weighted by atomic mass is 9.99. The molecule has 0 saturated heterocycles. The summed E-state index contributed by atoms with van der Waals surface area (Å²) < 4.78 is 5.89. The van der Waals surface area contributed by atoms with Crippen LogP contribution >= 0.6 is 0 Å². The van der Waals surface area contributed by atoms with Crippen molar-refractivity contribution in [2.75, 3.05) is 32.8 Å². The Morgan fingerprint density at radius 2 is 1.87 bits per heavy atom. The van der Waals surface area contributed by atoms with Crippen molar-refractivity contribution in [2.45, 2.75) is 39.3 Å². The maximum Gasteiger partial charge on any atom is 0.257 e. The molecule has 5 heteroatoms. The van der Waals surface area contributed by atoms with Gasteiger partial charge in [-0.25, -0.2) is 0 Å². The van der Waals surface area contributed by atoms with Crippen LogP contribution in [0.1, 0.15) is 40.9 Å². The smallest absolute Gasteiger partial charge is 0.257 e. The van der Waals surface area contributed by atoms with Gasteiger partial charge in [-0.2, -0.15) is 0 Å². The number of rotatable bonds is 6. The van der Waals surface area contributed by atoms with Crippen LogP contribution in [0, 0.1) is 5.92 Å². The van der Waals surface area contributed by atoms with Crippen LogP contribution in [0.5, 0.6) is 5.75 Å². The molecule has 30 heavy (non-hydrogen) atoms. The second-order valence-corrected chi connectivity index (χ2v) is 8.94. The summed E-state index contributed by atoms with van der Waals surface area (Å²) in [5.41, 5.74) is 4.52. The highest BCUT2D eigenvalue weighted by Gasteiger charge is 2.27. The fraction of sp³-hybridized carbons (Fsp3) is 0.480. The highest BCUT2D eigenvalue weighted by Crippen LogP contribution is 2.26. The van der Waals surface area contributed by atoms with Crippen molar-refractivity contribution in [2.24, 2.45) is 5.92 Å². The molecule has 0 radical (unpaired) electrons. The largest absolute Gasteiger partial charge is 0.491 e. The Bertz CT molecular complexity index is 896. The number of benzene rings is 2. The van der Waals surface area contributed by atoms with Gasteiger partial charge in [0.05, 0.1) is 18.2 Å². The van der Waals surface area contributed by atoms with Gasteiger partial charge in [-0.3, -0.25) is 9.69 Å². The molecule has 0 saturated carbocycles. The van der Waals surface area contributed by atoms with Gasteiger partial charge >= 0.3 is 0 Å². The van der Waals surface area contributed by atoms with Crippen LogP contribution in [0.15, 0.2) is 42.5 Å². The third-order valence-corrected chi connectivity index (χ3v) is 5.94. The second-order valence-electron chi connectivity index (χ2n) is 8.94. The van der Waals surface area contributed by atoms with Gasteiger partial charge in [0, 0.05) is 26.2 Å². The van der Waals surface area contributed by atoms with Crippen LogP contribution in [0.25, 0.3) is 0 Å². The van der Waals surface area contributed by atoms with Crippen molar-refractivity contribution in [3.63, 3.8) is 0 Å². The number of aliphatic hydroxyl groups excluding tert-OH is 1. The van der Waals surface area contributed by atoms with E-state index in [2.05, 4.69) is 43.0 Å². The molecule has 2 aromatic rings. The van der Waals surface area contributed by atoms with E-state index in [0.29, 0.717) is 43.5 Å². The molecule has 1 atom stereocenters. The van der Waals surface area contributed by atoms with Crippen LogP contribution in [-0.2, 0) is 19.4 Å². The molecule has 2 aromatic carbocycles. The Hall–Kier alpha value is -2.37.